The van der Waals surface area contributed by atoms with Crippen molar-refractivity contribution >= 4 is 5.91 Å². The average molecular weight is 246 g/mol. The zero-order valence-corrected chi connectivity index (χ0v) is 11.1. The molecule has 3 N–H and O–H groups in total. The summed E-state index contributed by atoms with van der Waals surface area (Å²) in [7, 11) is 0. The molecule has 1 aromatic rings. The third-order valence-corrected chi connectivity index (χ3v) is 3.47. The molecular weight excluding hydrogens is 224 g/mol. The first kappa shape index (κ1) is 13.1. The summed E-state index contributed by atoms with van der Waals surface area (Å²) >= 11 is 0. The second-order valence-corrected chi connectivity index (χ2v) is 5.48. The molecule has 1 aliphatic rings. The van der Waals surface area contributed by atoms with Crippen LogP contribution in [0.25, 0.3) is 0 Å². The Hall–Kier alpha value is -1.35. The number of hydrogen-bond acceptors (Lipinski definition) is 2. The summed E-state index contributed by atoms with van der Waals surface area (Å²) in [6.45, 7) is 3.98. The Bertz CT molecular complexity index is 402. The van der Waals surface area contributed by atoms with Gasteiger partial charge >= 0.3 is 0 Å². The van der Waals surface area contributed by atoms with Crippen LogP contribution in [0.15, 0.2) is 30.3 Å². The number of amides is 1. The van der Waals surface area contributed by atoms with Gasteiger partial charge in [-0.05, 0) is 38.2 Å². The van der Waals surface area contributed by atoms with Crippen molar-refractivity contribution in [3.63, 3.8) is 0 Å². The molecule has 1 saturated carbocycles. The number of nitrogens with one attached hydrogen (secondary N) is 1. The molecule has 0 saturated heterocycles. The molecule has 0 heterocycles. The Balaban J connectivity index is 1.83. The van der Waals surface area contributed by atoms with Crippen LogP contribution in [-0.2, 0) is 4.79 Å². The van der Waals surface area contributed by atoms with Crippen molar-refractivity contribution in [3.05, 3.63) is 35.9 Å². The van der Waals surface area contributed by atoms with Crippen molar-refractivity contribution in [3.8, 4) is 0 Å². The molecule has 3 nitrogen and oxygen atoms in total. The lowest BCUT2D eigenvalue weighted by atomic mass is 10.1. The van der Waals surface area contributed by atoms with E-state index in [9.17, 15) is 4.79 Å². The van der Waals surface area contributed by atoms with Gasteiger partial charge < -0.3 is 11.1 Å². The van der Waals surface area contributed by atoms with Gasteiger partial charge in [0.1, 0.15) is 0 Å². The van der Waals surface area contributed by atoms with E-state index in [1.165, 1.54) is 5.56 Å². The standard InChI is InChI=1S/C15H22N2O/c1-10(16)8-11(2)17-15(18)14-9-13(14)12-6-4-3-5-7-12/h3-7,10-11,13-14H,8-9,16H2,1-2H3,(H,17,18). The summed E-state index contributed by atoms with van der Waals surface area (Å²) in [6, 6.07) is 10.6. The Morgan fingerprint density at radius 1 is 1.39 bits per heavy atom. The first-order valence-corrected chi connectivity index (χ1v) is 6.69. The van der Waals surface area contributed by atoms with Crippen LogP contribution >= 0.6 is 0 Å². The van der Waals surface area contributed by atoms with Gasteiger partial charge in [-0.3, -0.25) is 4.79 Å². The molecular formula is C15H22N2O. The maximum Gasteiger partial charge on any atom is 0.223 e. The minimum Gasteiger partial charge on any atom is -0.353 e. The highest BCUT2D eigenvalue weighted by molar-refractivity contribution is 5.83. The first-order valence-electron chi connectivity index (χ1n) is 6.69. The van der Waals surface area contributed by atoms with Crippen molar-refractivity contribution in [1.29, 1.82) is 0 Å². The second kappa shape index (κ2) is 5.53. The lowest BCUT2D eigenvalue weighted by molar-refractivity contribution is -0.123. The first-order chi connectivity index (χ1) is 8.58. The molecule has 2 rings (SSSR count). The number of benzene rings is 1. The number of hydrogen-bond donors (Lipinski definition) is 2. The van der Waals surface area contributed by atoms with Gasteiger partial charge in [-0.2, -0.15) is 0 Å². The Kier molecular flexibility index (Phi) is 4.02. The van der Waals surface area contributed by atoms with Gasteiger partial charge in [-0.25, -0.2) is 0 Å². The highest BCUT2D eigenvalue weighted by Gasteiger charge is 2.43. The molecule has 4 atom stereocenters. The SMILES string of the molecule is CC(N)CC(C)NC(=O)C1CC1c1ccccc1. The van der Waals surface area contributed by atoms with Crippen LogP contribution in [0.1, 0.15) is 38.2 Å². The molecule has 18 heavy (non-hydrogen) atoms. The maximum atomic E-state index is 12.0. The molecule has 3 heteroatoms. The maximum absolute atomic E-state index is 12.0. The van der Waals surface area contributed by atoms with Gasteiger partial charge in [0.25, 0.3) is 0 Å². The van der Waals surface area contributed by atoms with Gasteiger partial charge in [0.2, 0.25) is 5.91 Å². The van der Waals surface area contributed by atoms with Gasteiger partial charge in [0, 0.05) is 18.0 Å². The van der Waals surface area contributed by atoms with Crippen LogP contribution in [0.3, 0.4) is 0 Å². The van der Waals surface area contributed by atoms with Crippen molar-refractivity contribution in [2.75, 3.05) is 0 Å². The monoisotopic (exact) mass is 246 g/mol. The Morgan fingerprint density at radius 3 is 2.67 bits per heavy atom. The summed E-state index contributed by atoms with van der Waals surface area (Å²) in [5, 5.41) is 3.05. The van der Waals surface area contributed by atoms with E-state index < -0.39 is 0 Å². The van der Waals surface area contributed by atoms with E-state index in [2.05, 4.69) is 17.4 Å². The number of rotatable bonds is 5. The third-order valence-electron chi connectivity index (χ3n) is 3.47. The van der Waals surface area contributed by atoms with E-state index in [1.54, 1.807) is 0 Å². The van der Waals surface area contributed by atoms with Crippen molar-refractivity contribution < 1.29 is 4.79 Å². The van der Waals surface area contributed by atoms with Crippen LogP contribution in [-0.4, -0.2) is 18.0 Å². The lowest BCUT2D eigenvalue weighted by Crippen LogP contribution is -2.37. The van der Waals surface area contributed by atoms with Crippen LogP contribution in [0, 0.1) is 5.92 Å². The van der Waals surface area contributed by atoms with E-state index in [4.69, 9.17) is 5.73 Å². The van der Waals surface area contributed by atoms with Crippen LogP contribution in [0.2, 0.25) is 0 Å². The van der Waals surface area contributed by atoms with Crippen molar-refractivity contribution in [1.82, 2.24) is 5.32 Å². The fourth-order valence-electron chi connectivity index (χ4n) is 2.52. The van der Waals surface area contributed by atoms with E-state index in [1.807, 2.05) is 32.0 Å². The van der Waals surface area contributed by atoms with Crippen LogP contribution in [0.5, 0.6) is 0 Å². The Morgan fingerprint density at radius 2 is 2.06 bits per heavy atom. The average Bonchev–Trinajstić information content (AvgIpc) is 3.08. The summed E-state index contributed by atoms with van der Waals surface area (Å²) in [5.74, 6) is 0.744. The molecule has 98 valence electrons. The van der Waals surface area contributed by atoms with Crippen molar-refractivity contribution in [2.45, 2.75) is 44.7 Å². The van der Waals surface area contributed by atoms with Crippen LogP contribution in [0.4, 0.5) is 0 Å². The second-order valence-electron chi connectivity index (χ2n) is 5.48. The predicted octanol–water partition coefficient (Wildman–Crippen LogP) is 2.03. The van der Waals surface area contributed by atoms with Gasteiger partial charge in [-0.15, -0.1) is 0 Å². The van der Waals surface area contributed by atoms with Crippen LogP contribution < -0.4 is 11.1 Å². The van der Waals surface area contributed by atoms with E-state index >= 15 is 0 Å². The highest BCUT2D eigenvalue weighted by atomic mass is 16.2. The zero-order chi connectivity index (χ0) is 13.1. The lowest BCUT2D eigenvalue weighted by Gasteiger charge is -2.15. The van der Waals surface area contributed by atoms with Gasteiger partial charge in [0.05, 0.1) is 0 Å². The summed E-state index contributed by atoms with van der Waals surface area (Å²) < 4.78 is 0. The molecule has 1 fully saturated rings. The normalized spacial score (nSPS) is 25.3. The van der Waals surface area contributed by atoms with E-state index in [0.717, 1.165) is 12.8 Å². The minimum atomic E-state index is 0.129. The zero-order valence-electron chi connectivity index (χ0n) is 11.1. The predicted molar refractivity (Wildman–Crippen MR) is 73.2 cm³/mol. The fourth-order valence-corrected chi connectivity index (χ4v) is 2.52. The topological polar surface area (TPSA) is 55.1 Å². The number of nitrogens with two attached hydrogens (primary N) is 1. The van der Waals surface area contributed by atoms with E-state index in [0.29, 0.717) is 5.92 Å². The third kappa shape index (κ3) is 3.33. The molecule has 0 spiro atoms. The molecule has 4 unspecified atom stereocenters. The minimum absolute atomic E-state index is 0.129. The smallest absolute Gasteiger partial charge is 0.223 e. The number of carbonyl (C=O) groups is 1. The molecule has 0 aromatic heterocycles. The summed E-state index contributed by atoms with van der Waals surface area (Å²) in [4.78, 5) is 12.0. The van der Waals surface area contributed by atoms with Gasteiger partial charge in [-0.1, -0.05) is 30.3 Å². The quantitative estimate of drug-likeness (QED) is 0.835. The largest absolute Gasteiger partial charge is 0.353 e. The summed E-state index contributed by atoms with van der Waals surface area (Å²) in [5.41, 5.74) is 7.00. The Labute approximate surface area is 109 Å². The molecule has 1 aromatic carbocycles. The molecule has 0 bridgehead atoms. The fraction of sp³-hybridized carbons (Fsp3) is 0.533. The van der Waals surface area contributed by atoms with E-state index in [-0.39, 0.29) is 23.9 Å². The van der Waals surface area contributed by atoms with Gasteiger partial charge in [0.15, 0.2) is 0 Å². The molecule has 1 aliphatic carbocycles. The summed E-state index contributed by atoms with van der Waals surface area (Å²) in [6.07, 6.45) is 1.80. The number of carbonyl (C=O) groups excluding carboxylic acids is 1. The molecule has 0 aliphatic heterocycles. The molecule has 1 amide bonds. The van der Waals surface area contributed by atoms with Crippen molar-refractivity contribution in [2.24, 2.45) is 11.7 Å². The highest BCUT2D eigenvalue weighted by Crippen LogP contribution is 2.47. The molecule has 0 radical (unpaired) electrons.